The standard InChI is InChI=1S/C15H21BrN2O2S/c1-10(11-5-6-14(19-2)13(16)8-11)18-15(21)17-9-12-4-3-7-20-12/h5-6,8,10,12H,3-4,7,9H2,1-2H3,(H2,17,18,21)/t10-,12+/m1/s1. The molecule has 0 aromatic heterocycles. The van der Waals surface area contributed by atoms with E-state index in [0.29, 0.717) is 5.11 Å². The Kier molecular flexibility index (Phi) is 6.26. The van der Waals surface area contributed by atoms with Gasteiger partial charge < -0.3 is 20.1 Å². The lowest BCUT2D eigenvalue weighted by Crippen LogP contribution is -2.40. The first-order chi connectivity index (χ1) is 10.1. The third kappa shape index (κ3) is 4.83. The van der Waals surface area contributed by atoms with Crippen molar-refractivity contribution in [1.29, 1.82) is 0 Å². The first-order valence-electron chi connectivity index (χ1n) is 7.09. The van der Waals surface area contributed by atoms with Gasteiger partial charge in [-0.15, -0.1) is 0 Å². The predicted molar refractivity (Wildman–Crippen MR) is 91.8 cm³/mol. The van der Waals surface area contributed by atoms with E-state index < -0.39 is 0 Å². The molecular formula is C15H21BrN2O2S. The zero-order valence-corrected chi connectivity index (χ0v) is 14.7. The van der Waals surface area contributed by atoms with Gasteiger partial charge in [-0.1, -0.05) is 6.07 Å². The average molecular weight is 373 g/mol. The third-order valence-corrected chi connectivity index (χ3v) is 4.42. The first-order valence-corrected chi connectivity index (χ1v) is 8.29. The predicted octanol–water partition coefficient (Wildman–Crippen LogP) is 3.16. The minimum atomic E-state index is 0.122. The van der Waals surface area contributed by atoms with Crippen LogP contribution < -0.4 is 15.4 Å². The van der Waals surface area contributed by atoms with E-state index >= 15 is 0 Å². The van der Waals surface area contributed by atoms with Crippen LogP contribution in [0.2, 0.25) is 0 Å². The molecule has 4 nitrogen and oxygen atoms in total. The van der Waals surface area contributed by atoms with Crippen LogP contribution in [-0.2, 0) is 4.74 Å². The fraction of sp³-hybridized carbons (Fsp3) is 0.533. The topological polar surface area (TPSA) is 42.5 Å². The maximum atomic E-state index is 5.56. The van der Waals surface area contributed by atoms with Gasteiger partial charge in [-0.05, 0) is 65.6 Å². The summed E-state index contributed by atoms with van der Waals surface area (Å²) in [6, 6.07) is 6.14. The average Bonchev–Trinajstić information content (AvgIpc) is 2.98. The Morgan fingerprint density at radius 3 is 3.00 bits per heavy atom. The lowest BCUT2D eigenvalue weighted by molar-refractivity contribution is 0.114. The summed E-state index contributed by atoms with van der Waals surface area (Å²) in [6.07, 6.45) is 2.54. The van der Waals surface area contributed by atoms with E-state index in [2.05, 4.69) is 33.5 Å². The van der Waals surface area contributed by atoms with Crippen molar-refractivity contribution < 1.29 is 9.47 Å². The van der Waals surface area contributed by atoms with E-state index in [0.717, 1.165) is 41.8 Å². The maximum absolute atomic E-state index is 5.56. The fourth-order valence-electron chi connectivity index (χ4n) is 2.29. The van der Waals surface area contributed by atoms with Crippen LogP contribution in [0.4, 0.5) is 0 Å². The normalized spacial score (nSPS) is 19.1. The van der Waals surface area contributed by atoms with Gasteiger partial charge in [-0.3, -0.25) is 0 Å². The molecule has 1 heterocycles. The van der Waals surface area contributed by atoms with E-state index in [4.69, 9.17) is 21.7 Å². The molecule has 1 aliphatic heterocycles. The first kappa shape index (κ1) is 16.5. The highest BCUT2D eigenvalue weighted by Crippen LogP contribution is 2.27. The monoisotopic (exact) mass is 372 g/mol. The van der Waals surface area contributed by atoms with Crippen LogP contribution in [-0.4, -0.2) is 31.5 Å². The highest BCUT2D eigenvalue weighted by molar-refractivity contribution is 9.10. The Labute approximate surface area is 139 Å². The number of ether oxygens (including phenoxy) is 2. The number of halogens is 1. The molecule has 6 heteroatoms. The van der Waals surface area contributed by atoms with Gasteiger partial charge in [0.25, 0.3) is 0 Å². The smallest absolute Gasteiger partial charge is 0.166 e. The highest BCUT2D eigenvalue weighted by atomic mass is 79.9. The van der Waals surface area contributed by atoms with E-state index in [1.165, 1.54) is 0 Å². The van der Waals surface area contributed by atoms with Crippen LogP contribution in [0.3, 0.4) is 0 Å². The SMILES string of the molecule is COc1ccc([C@@H](C)NC(=S)NC[C@@H]2CCCO2)cc1Br. The van der Waals surface area contributed by atoms with E-state index in [1.807, 2.05) is 18.2 Å². The summed E-state index contributed by atoms with van der Waals surface area (Å²) in [7, 11) is 1.66. The second kappa shape index (κ2) is 7.96. The van der Waals surface area contributed by atoms with Gasteiger partial charge in [-0.2, -0.15) is 0 Å². The molecule has 0 bridgehead atoms. The van der Waals surface area contributed by atoms with Crippen LogP contribution in [0.1, 0.15) is 31.4 Å². The van der Waals surface area contributed by atoms with Gasteiger partial charge in [0.2, 0.25) is 0 Å². The Bertz CT molecular complexity index is 493. The minimum absolute atomic E-state index is 0.122. The van der Waals surface area contributed by atoms with Crippen molar-refractivity contribution in [2.75, 3.05) is 20.3 Å². The molecule has 1 aromatic rings. The molecule has 2 rings (SSSR count). The molecule has 0 saturated carbocycles. The van der Waals surface area contributed by atoms with E-state index in [1.54, 1.807) is 7.11 Å². The number of hydrogen-bond acceptors (Lipinski definition) is 3. The van der Waals surface area contributed by atoms with Crippen molar-refractivity contribution in [1.82, 2.24) is 10.6 Å². The highest BCUT2D eigenvalue weighted by Gasteiger charge is 2.16. The van der Waals surface area contributed by atoms with Gasteiger partial charge in [0, 0.05) is 13.2 Å². The van der Waals surface area contributed by atoms with Crippen LogP contribution in [0.15, 0.2) is 22.7 Å². The second-order valence-corrected chi connectivity index (χ2v) is 6.37. The summed E-state index contributed by atoms with van der Waals surface area (Å²) in [5, 5.41) is 7.17. The van der Waals surface area contributed by atoms with Gasteiger partial charge in [0.15, 0.2) is 5.11 Å². The summed E-state index contributed by atoms with van der Waals surface area (Å²) in [4.78, 5) is 0. The van der Waals surface area contributed by atoms with Crippen molar-refractivity contribution in [3.05, 3.63) is 28.2 Å². The Balaban J connectivity index is 1.83. The molecule has 0 unspecified atom stereocenters. The van der Waals surface area contributed by atoms with E-state index in [-0.39, 0.29) is 12.1 Å². The zero-order valence-electron chi connectivity index (χ0n) is 12.3. The van der Waals surface area contributed by atoms with Gasteiger partial charge in [0.1, 0.15) is 5.75 Å². The van der Waals surface area contributed by atoms with Crippen molar-refractivity contribution in [2.24, 2.45) is 0 Å². The van der Waals surface area contributed by atoms with Crippen molar-refractivity contribution in [3.8, 4) is 5.75 Å². The quantitative estimate of drug-likeness (QED) is 0.777. The van der Waals surface area contributed by atoms with Crippen molar-refractivity contribution in [2.45, 2.75) is 31.9 Å². The van der Waals surface area contributed by atoms with Crippen LogP contribution in [0.5, 0.6) is 5.75 Å². The summed E-state index contributed by atoms with van der Waals surface area (Å²) >= 11 is 8.83. The van der Waals surface area contributed by atoms with Crippen LogP contribution in [0, 0.1) is 0 Å². The summed E-state index contributed by atoms with van der Waals surface area (Å²) < 4.78 is 11.7. The Hall–Kier alpha value is -0.850. The lowest BCUT2D eigenvalue weighted by atomic mass is 10.1. The molecule has 0 spiro atoms. The lowest BCUT2D eigenvalue weighted by Gasteiger charge is -2.19. The minimum Gasteiger partial charge on any atom is -0.496 e. The molecule has 1 saturated heterocycles. The second-order valence-electron chi connectivity index (χ2n) is 5.11. The molecule has 0 radical (unpaired) electrons. The number of thiocarbonyl (C=S) groups is 1. The summed E-state index contributed by atoms with van der Waals surface area (Å²) in [5.74, 6) is 0.824. The molecular weight excluding hydrogens is 352 g/mol. The van der Waals surface area contributed by atoms with E-state index in [9.17, 15) is 0 Å². The molecule has 1 fully saturated rings. The zero-order chi connectivity index (χ0) is 15.2. The molecule has 0 amide bonds. The summed E-state index contributed by atoms with van der Waals surface area (Å²) in [5.41, 5.74) is 1.14. The van der Waals surface area contributed by atoms with Gasteiger partial charge in [0.05, 0.1) is 23.7 Å². The number of benzene rings is 1. The Morgan fingerprint density at radius 2 is 2.38 bits per heavy atom. The molecule has 0 aliphatic carbocycles. The van der Waals surface area contributed by atoms with Crippen molar-refractivity contribution >= 4 is 33.3 Å². The third-order valence-electron chi connectivity index (χ3n) is 3.54. The molecule has 2 N–H and O–H groups in total. The molecule has 1 aliphatic rings. The molecule has 2 atom stereocenters. The Morgan fingerprint density at radius 1 is 1.57 bits per heavy atom. The van der Waals surface area contributed by atoms with Crippen LogP contribution >= 0.6 is 28.1 Å². The fourth-order valence-corrected chi connectivity index (χ4v) is 3.11. The van der Waals surface area contributed by atoms with Crippen LogP contribution in [0.25, 0.3) is 0 Å². The number of rotatable bonds is 5. The number of nitrogens with one attached hydrogen (secondary N) is 2. The van der Waals surface area contributed by atoms with Gasteiger partial charge in [-0.25, -0.2) is 0 Å². The number of hydrogen-bond donors (Lipinski definition) is 2. The molecule has 116 valence electrons. The maximum Gasteiger partial charge on any atom is 0.166 e. The molecule has 1 aromatic carbocycles. The van der Waals surface area contributed by atoms with Gasteiger partial charge >= 0.3 is 0 Å². The summed E-state index contributed by atoms with van der Waals surface area (Å²) in [6.45, 7) is 3.71. The van der Waals surface area contributed by atoms with Crippen molar-refractivity contribution in [3.63, 3.8) is 0 Å². The molecule has 21 heavy (non-hydrogen) atoms. The largest absolute Gasteiger partial charge is 0.496 e. The number of methoxy groups -OCH3 is 1.